The van der Waals surface area contributed by atoms with Crippen molar-refractivity contribution in [2.45, 2.75) is 33.1 Å². The van der Waals surface area contributed by atoms with Crippen LogP contribution in [-0.2, 0) is 5.41 Å². The minimum atomic E-state index is -0.191. The average molecular weight is 314 g/mol. The van der Waals surface area contributed by atoms with E-state index in [2.05, 4.69) is 48.9 Å². The predicted octanol–water partition coefficient (Wildman–Crippen LogP) is 4.11. The number of rotatable bonds is 4. The molecule has 0 aliphatic heterocycles. The zero-order valence-corrected chi connectivity index (χ0v) is 13.1. The molecule has 0 radical (unpaired) electrons. The van der Waals surface area contributed by atoms with Gasteiger partial charge in [0.15, 0.2) is 0 Å². The van der Waals surface area contributed by atoms with Crippen LogP contribution in [0.1, 0.15) is 33.3 Å². The van der Waals surface area contributed by atoms with Gasteiger partial charge in [-0.05, 0) is 58.0 Å². The molecule has 0 aromatic heterocycles. The number of halogens is 2. The Labute approximate surface area is 117 Å². The van der Waals surface area contributed by atoms with Crippen LogP contribution in [-0.4, -0.2) is 13.1 Å². The van der Waals surface area contributed by atoms with E-state index in [0.717, 1.165) is 13.1 Å². The first-order chi connectivity index (χ1) is 8.35. The van der Waals surface area contributed by atoms with Crippen molar-refractivity contribution in [3.8, 4) is 0 Å². The first kappa shape index (κ1) is 14.0. The summed E-state index contributed by atoms with van der Waals surface area (Å²) in [6.07, 6.45) is 0. The lowest BCUT2D eigenvalue weighted by atomic mass is 9.89. The minimum Gasteiger partial charge on any atom is -0.317 e. The van der Waals surface area contributed by atoms with Crippen LogP contribution in [0.15, 0.2) is 22.7 Å². The van der Waals surface area contributed by atoms with Crippen LogP contribution >= 0.6 is 15.9 Å². The van der Waals surface area contributed by atoms with Crippen LogP contribution in [0.2, 0.25) is 0 Å². The van der Waals surface area contributed by atoms with Crippen LogP contribution in [0.3, 0.4) is 0 Å². The number of hydrogen-bond donors (Lipinski definition) is 1. The maximum atomic E-state index is 13.3. The molecule has 1 aromatic carbocycles. The van der Waals surface area contributed by atoms with Crippen molar-refractivity contribution in [2.75, 3.05) is 13.1 Å². The van der Waals surface area contributed by atoms with E-state index in [0.29, 0.717) is 10.4 Å². The fraction of sp³-hybridized carbons (Fsp3) is 0.600. The Morgan fingerprint density at radius 1 is 1.33 bits per heavy atom. The molecule has 0 bridgehead atoms. The van der Waals surface area contributed by atoms with Crippen LogP contribution < -0.4 is 5.32 Å². The van der Waals surface area contributed by atoms with E-state index in [-0.39, 0.29) is 16.6 Å². The highest BCUT2D eigenvalue weighted by molar-refractivity contribution is 9.10. The second-order valence-electron chi connectivity index (χ2n) is 5.91. The molecule has 1 aliphatic carbocycles. The zero-order chi connectivity index (χ0) is 13.6. The van der Waals surface area contributed by atoms with Crippen molar-refractivity contribution in [3.63, 3.8) is 0 Å². The molecule has 0 spiro atoms. The van der Waals surface area contributed by atoms with Gasteiger partial charge in [-0.3, -0.25) is 0 Å². The van der Waals surface area contributed by atoms with Gasteiger partial charge in [-0.1, -0.05) is 33.8 Å². The van der Waals surface area contributed by atoms with E-state index in [9.17, 15) is 4.39 Å². The minimum absolute atomic E-state index is 0.130. The third-order valence-corrected chi connectivity index (χ3v) is 5.55. The predicted molar refractivity (Wildman–Crippen MR) is 77.3 cm³/mol. The standard InChI is InChI=1S/C15H21BrFN/c1-5-18-9-13-14(2,3)15(13,4)10-6-7-12(17)11(16)8-10/h6-8,13,18H,5,9H2,1-4H3. The summed E-state index contributed by atoms with van der Waals surface area (Å²) in [7, 11) is 0. The van der Waals surface area contributed by atoms with E-state index in [1.165, 1.54) is 5.56 Å². The van der Waals surface area contributed by atoms with Gasteiger partial charge in [0.25, 0.3) is 0 Å². The van der Waals surface area contributed by atoms with E-state index < -0.39 is 0 Å². The first-order valence-electron chi connectivity index (χ1n) is 6.52. The van der Waals surface area contributed by atoms with E-state index >= 15 is 0 Å². The molecular weight excluding hydrogens is 293 g/mol. The molecule has 1 aromatic rings. The van der Waals surface area contributed by atoms with Crippen molar-refractivity contribution < 1.29 is 4.39 Å². The topological polar surface area (TPSA) is 12.0 Å². The van der Waals surface area contributed by atoms with Gasteiger partial charge in [0.05, 0.1) is 4.47 Å². The molecule has 1 fully saturated rings. The van der Waals surface area contributed by atoms with Crippen LogP contribution in [0.5, 0.6) is 0 Å². The highest BCUT2D eigenvalue weighted by Gasteiger charge is 2.67. The van der Waals surface area contributed by atoms with Crippen LogP contribution in [0.4, 0.5) is 4.39 Å². The average Bonchev–Trinajstić information content (AvgIpc) is 2.75. The summed E-state index contributed by atoms with van der Waals surface area (Å²) in [5.41, 5.74) is 1.61. The van der Waals surface area contributed by atoms with Crippen molar-refractivity contribution in [1.82, 2.24) is 5.32 Å². The molecule has 1 aliphatic rings. The maximum Gasteiger partial charge on any atom is 0.137 e. The second-order valence-corrected chi connectivity index (χ2v) is 6.77. The Hall–Kier alpha value is -0.410. The van der Waals surface area contributed by atoms with Crippen LogP contribution in [0, 0.1) is 17.2 Å². The Bertz CT molecular complexity index is 458. The Balaban J connectivity index is 2.29. The van der Waals surface area contributed by atoms with Crippen molar-refractivity contribution in [1.29, 1.82) is 0 Å². The zero-order valence-electron chi connectivity index (χ0n) is 11.5. The summed E-state index contributed by atoms with van der Waals surface area (Å²) in [4.78, 5) is 0. The highest BCUT2D eigenvalue weighted by atomic mass is 79.9. The molecule has 3 heteroatoms. The molecule has 0 saturated heterocycles. The van der Waals surface area contributed by atoms with Gasteiger partial charge in [-0.15, -0.1) is 0 Å². The summed E-state index contributed by atoms with van der Waals surface area (Å²) in [5.74, 6) is 0.409. The van der Waals surface area contributed by atoms with E-state index in [1.807, 2.05) is 12.1 Å². The normalized spacial score (nSPS) is 29.3. The fourth-order valence-corrected chi connectivity index (χ4v) is 3.62. The van der Waals surface area contributed by atoms with Gasteiger partial charge in [-0.2, -0.15) is 0 Å². The lowest BCUT2D eigenvalue weighted by molar-refractivity contribution is 0.508. The molecule has 18 heavy (non-hydrogen) atoms. The number of nitrogens with one attached hydrogen (secondary N) is 1. The summed E-state index contributed by atoms with van der Waals surface area (Å²) in [6, 6.07) is 5.42. The Morgan fingerprint density at radius 2 is 2.00 bits per heavy atom. The van der Waals surface area contributed by atoms with Gasteiger partial charge in [0, 0.05) is 5.41 Å². The number of benzene rings is 1. The van der Waals surface area contributed by atoms with Crippen molar-refractivity contribution in [3.05, 3.63) is 34.1 Å². The van der Waals surface area contributed by atoms with Gasteiger partial charge >= 0.3 is 0 Å². The molecule has 1 N–H and O–H groups in total. The monoisotopic (exact) mass is 313 g/mol. The summed E-state index contributed by atoms with van der Waals surface area (Å²) in [5, 5.41) is 3.43. The van der Waals surface area contributed by atoms with Gasteiger partial charge in [0.1, 0.15) is 5.82 Å². The van der Waals surface area contributed by atoms with Gasteiger partial charge < -0.3 is 5.32 Å². The molecule has 0 amide bonds. The molecule has 1 nitrogen and oxygen atoms in total. The quantitative estimate of drug-likeness (QED) is 0.882. The van der Waals surface area contributed by atoms with Gasteiger partial charge in [-0.25, -0.2) is 4.39 Å². The lowest BCUT2D eigenvalue weighted by Crippen LogP contribution is -2.19. The fourth-order valence-electron chi connectivity index (χ4n) is 3.24. The smallest absolute Gasteiger partial charge is 0.137 e. The summed E-state index contributed by atoms with van der Waals surface area (Å²) >= 11 is 3.29. The van der Waals surface area contributed by atoms with Gasteiger partial charge in [0.2, 0.25) is 0 Å². The number of hydrogen-bond acceptors (Lipinski definition) is 1. The summed E-state index contributed by atoms with van der Waals surface area (Å²) in [6.45, 7) is 11.0. The highest BCUT2D eigenvalue weighted by Crippen LogP contribution is 2.69. The Kier molecular flexibility index (Phi) is 3.58. The first-order valence-corrected chi connectivity index (χ1v) is 7.31. The third-order valence-electron chi connectivity index (χ3n) is 4.94. The van der Waals surface area contributed by atoms with Crippen molar-refractivity contribution in [2.24, 2.45) is 11.3 Å². The molecule has 1 saturated carbocycles. The Morgan fingerprint density at radius 3 is 2.56 bits per heavy atom. The van der Waals surface area contributed by atoms with Crippen LogP contribution in [0.25, 0.3) is 0 Å². The second kappa shape index (κ2) is 4.61. The summed E-state index contributed by atoms with van der Waals surface area (Å²) < 4.78 is 13.9. The molecular formula is C15H21BrFN. The molecule has 2 atom stereocenters. The third kappa shape index (κ3) is 1.92. The largest absolute Gasteiger partial charge is 0.317 e. The van der Waals surface area contributed by atoms with E-state index in [1.54, 1.807) is 6.07 Å². The van der Waals surface area contributed by atoms with Crippen molar-refractivity contribution >= 4 is 15.9 Å². The molecule has 2 rings (SSSR count). The van der Waals surface area contributed by atoms with E-state index in [4.69, 9.17) is 0 Å². The molecule has 100 valence electrons. The maximum absolute atomic E-state index is 13.3. The molecule has 2 unspecified atom stereocenters. The lowest BCUT2D eigenvalue weighted by Gasteiger charge is -2.16. The molecule has 0 heterocycles. The SMILES string of the molecule is CCNCC1C(C)(C)C1(C)c1ccc(F)c(Br)c1.